The van der Waals surface area contributed by atoms with E-state index in [0.717, 1.165) is 43.6 Å². The zero-order chi connectivity index (χ0) is 23.2. The largest absolute Gasteiger partial charge is 0.395 e. The standard InChI is InChI=1S/C28H35N3O2/c1-21(2)9-8-10-22-13-15-23(16-14-22)27-25-19-30(17-6-7-18-31(25)26(27)20-32)28(33)29-24-11-4-3-5-12-24/h3-5,11-16,21,25-27,32H,6-7,9,17-20H2,1-2H3,(H,29,33)/t25-,26-,27-/m0/s1. The van der Waals surface area contributed by atoms with E-state index < -0.39 is 0 Å². The second-order valence-corrected chi connectivity index (χ2v) is 9.55. The molecule has 2 aliphatic heterocycles. The Hall–Kier alpha value is -2.81. The molecule has 2 aliphatic rings. The highest BCUT2D eigenvalue weighted by Gasteiger charge is 2.49. The van der Waals surface area contributed by atoms with E-state index in [1.165, 1.54) is 5.56 Å². The molecule has 4 rings (SSSR count). The van der Waals surface area contributed by atoms with Crippen molar-refractivity contribution in [2.75, 3.05) is 31.6 Å². The number of rotatable bonds is 4. The van der Waals surface area contributed by atoms with Gasteiger partial charge >= 0.3 is 6.03 Å². The van der Waals surface area contributed by atoms with Crippen molar-refractivity contribution in [2.24, 2.45) is 5.92 Å². The second kappa shape index (κ2) is 10.9. The quantitative estimate of drug-likeness (QED) is 0.680. The molecule has 0 bridgehead atoms. The number of aliphatic hydroxyl groups excluding tert-OH is 1. The lowest BCUT2D eigenvalue weighted by molar-refractivity contribution is -0.0585. The monoisotopic (exact) mass is 445 g/mol. The van der Waals surface area contributed by atoms with Crippen LogP contribution in [0, 0.1) is 17.8 Å². The van der Waals surface area contributed by atoms with Crippen LogP contribution in [0.3, 0.4) is 0 Å². The van der Waals surface area contributed by atoms with E-state index in [1.54, 1.807) is 0 Å². The summed E-state index contributed by atoms with van der Waals surface area (Å²) in [7, 11) is 0. The molecule has 2 saturated heterocycles. The van der Waals surface area contributed by atoms with Crippen LogP contribution >= 0.6 is 0 Å². The van der Waals surface area contributed by atoms with Crippen molar-refractivity contribution < 1.29 is 9.90 Å². The molecule has 33 heavy (non-hydrogen) atoms. The highest BCUT2D eigenvalue weighted by molar-refractivity contribution is 5.89. The van der Waals surface area contributed by atoms with E-state index in [1.807, 2.05) is 35.2 Å². The fourth-order valence-electron chi connectivity index (χ4n) is 4.99. The number of amides is 2. The third-order valence-electron chi connectivity index (χ3n) is 6.72. The van der Waals surface area contributed by atoms with Gasteiger partial charge in [-0.1, -0.05) is 56.0 Å². The maximum absolute atomic E-state index is 13.0. The predicted molar refractivity (Wildman–Crippen MR) is 133 cm³/mol. The number of urea groups is 1. The third kappa shape index (κ3) is 5.58. The summed E-state index contributed by atoms with van der Waals surface area (Å²) in [5.41, 5.74) is 3.06. The number of para-hydroxylation sites is 1. The molecular formula is C28H35N3O2. The minimum atomic E-state index is -0.0509. The van der Waals surface area contributed by atoms with Crippen LogP contribution in [0.15, 0.2) is 54.6 Å². The number of anilines is 1. The molecule has 0 radical (unpaired) electrons. The first-order valence-corrected chi connectivity index (χ1v) is 12.1. The van der Waals surface area contributed by atoms with Crippen LogP contribution < -0.4 is 5.32 Å². The molecule has 2 aromatic rings. The average Bonchev–Trinajstić information content (AvgIpc) is 2.79. The van der Waals surface area contributed by atoms with Gasteiger partial charge in [0.1, 0.15) is 0 Å². The van der Waals surface area contributed by atoms with Gasteiger partial charge in [-0.3, -0.25) is 4.90 Å². The minimum absolute atomic E-state index is 0.0509. The van der Waals surface area contributed by atoms with Gasteiger partial charge in [0.25, 0.3) is 0 Å². The SMILES string of the molecule is CC(C)CC#Cc1ccc([C@@H]2[C@H](CO)N3CCCCN(C(=O)Nc4ccccc4)C[C@@H]23)cc1. The Morgan fingerprint density at radius 3 is 2.52 bits per heavy atom. The Kier molecular flexibility index (Phi) is 7.69. The number of nitrogens with one attached hydrogen (secondary N) is 1. The summed E-state index contributed by atoms with van der Waals surface area (Å²) in [6.45, 7) is 6.87. The number of carbonyl (C=O) groups excluding carboxylic acids is 1. The number of hydrogen-bond donors (Lipinski definition) is 2. The molecule has 5 nitrogen and oxygen atoms in total. The van der Waals surface area contributed by atoms with Gasteiger partial charge in [0.05, 0.1) is 6.61 Å². The summed E-state index contributed by atoms with van der Waals surface area (Å²) in [5, 5.41) is 13.2. The Morgan fingerprint density at radius 2 is 1.82 bits per heavy atom. The molecule has 0 unspecified atom stereocenters. The smallest absolute Gasteiger partial charge is 0.321 e. The summed E-state index contributed by atoms with van der Waals surface area (Å²) in [6.07, 6.45) is 2.89. The molecule has 0 aliphatic carbocycles. The van der Waals surface area contributed by atoms with E-state index in [-0.39, 0.29) is 30.6 Å². The Labute approximate surface area is 197 Å². The lowest BCUT2D eigenvalue weighted by atomic mass is 9.74. The number of fused-ring (bicyclic) bond motifs is 1. The van der Waals surface area contributed by atoms with Crippen LogP contribution in [0.25, 0.3) is 0 Å². The fraction of sp³-hybridized carbons (Fsp3) is 0.464. The van der Waals surface area contributed by atoms with Crippen molar-refractivity contribution >= 4 is 11.7 Å². The number of benzene rings is 2. The molecule has 0 aromatic heterocycles. The number of hydrogen-bond acceptors (Lipinski definition) is 3. The number of aliphatic hydroxyl groups is 1. The van der Waals surface area contributed by atoms with Crippen molar-refractivity contribution in [3.63, 3.8) is 0 Å². The molecule has 2 aromatic carbocycles. The highest BCUT2D eigenvalue weighted by atomic mass is 16.3. The maximum Gasteiger partial charge on any atom is 0.321 e. The molecule has 2 N–H and O–H groups in total. The van der Waals surface area contributed by atoms with Crippen LogP contribution in [-0.2, 0) is 0 Å². The first-order chi connectivity index (χ1) is 16.1. The van der Waals surface area contributed by atoms with Gasteiger partial charge in [-0.05, 0) is 55.1 Å². The predicted octanol–water partition coefficient (Wildman–Crippen LogP) is 4.54. The van der Waals surface area contributed by atoms with Crippen molar-refractivity contribution in [1.82, 2.24) is 9.80 Å². The number of carbonyl (C=O) groups is 1. The van der Waals surface area contributed by atoms with Crippen molar-refractivity contribution in [2.45, 2.75) is 51.1 Å². The minimum Gasteiger partial charge on any atom is -0.395 e. The van der Waals surface area contributed by atoms with Crippen LogP contribution in [-0.4, -0.2) is 59.3 Å². The lowest BCUT2D eigenvalue weighted by Gasteiger charge is -2.57. The van der Waals surface area contributed by atoms with Gasteiger partial charge in [0.2, 0.25) is 0 Å². The molecule has 2 fully saturated rings. The van der Waals surface area contributed by atoms with Crippen molar-refractivity contribution in [3.05, 3.63) is 65.7 Å². The van der Waals surface area contributed by atoms with Gasteiger partial charge < -0.3 is 15.3 Å². The molecule has 5 heteroatoms. The summed E-state index contributed by atoms with van der Waals surface area (Å²) < 4.78 is 0. The zero-order valence-corrected chi connectivity index (χ0v) is 19.7. The van der Waals surface area contributed by atoms with E-state index in [9.17, 15) is 9.90 Å². The van der Waals surface area contributed by atoms with E-state index in [2.05, 4.69) is 60.2 Å². The summed E-state index contributed by atoms with van der Waals surface area (Å²) in [4.78, 5) is 17.4. The summed E-state index contributed by atoms with van der Waals surface area (Å²) >= 11 is 0. The van der Waals surface area contributed by atoms with E-state index in [4.69, 9.17) is 0 Å². The first-order valence-electron chi connectivity index (χ1n) is 12.1. The van der Waals surface area contributed by atoms with Gasteiger partial charge in [0, 0.05) is 48.8 Å². The molecular weight excluding hydrogens is 410 g/mol. The van der Waals surface area contributed by atoms with Crippen LogP contribution in [0.4, 0.5) is 10.5 Å². The average molecular weight is 446 g/mol. The van der Waals surface area contributed by atoms with Gasteiger partial charge in [-0.25, -0.2) is 4.79 Å². The van der Waals surface area contributed by atoms with Crippen LogP contribution in [0.1, 0.15) is 50.2 Å². The first kappa shape index (κ1) is 23.4. The Balaban J connectivity index is 1.49. The fourth-order valence-corrected chi connectivity index (χ4v) is 4.99. The van der Waals surface area contributed by atoms with Crippen molar-refractivity contribution in [1.29, 1.82) is 0 Å². The summed E-state index contributed by atoms with van der Waals surface area (Å²) in [6, 6.07) is 18.3. The van der Waals surface area contributed by atoms with Gasteiger partial charge in [0.15, 0.2) is 0 Å². The van der Waals surface area contributed by atoms with Crippen LogP contribution in [0.5, 0.6) is 0 Å². The lowest BCUT2D eigenvalue weighted by Crippen LogP contribution is -2.68. The molecule has 0 saturated carbocycles. The number of nitrogens with zero attached hydrogens (tertiary/aromatic N) is 2. The molecule has 3 atom stereocenters. The Bertz CT molecular complexity index is 978. The molecule has 2 amide bonds. The summed E-state index contributed by atoms with van der Waals surface area (Å²) in [5.74, 6) is 7.28. The normalized spacial score (nSPS) is 22.9. The third-order valence-corrected chi connectivity index (χ3v) is 6.72. The Morgan fingerprint density at radius 1 is 1.09 bits per heavy atom. The van der Waals surface area contributed by atoms with E-state index >= 15 is 0 Å². The topological polar surface area (TPSA) is 55.8 Å². The van der Waals surface area contributed by atoms with Gasteiger partial charge in [-0.2, -0.15) is 0 Å². The molecule has 2 heterocycles. The van der Waals surface area contributed by atoms with E-state index in [0.29, 0.717) is 12.5 Å². The zero-order valence-electron chi connectivity index (χ0n) is 19.7. The second-order valence-electron chi connectivity index (χ2n) is 9.55. The van der Waals surface area contributed by atoms with Gasteiger partial charge in [-0.15, -0.1) is 0 Å². The maximum atomic E-state index is 13.0. The molecule has 0 spiro atoms. The molecule has 174 valence electrons. The highest BCUT2D eigenvalue weighted by Crippen LogP contribution is 2.42. The van der Waals surface area contributed by atoms with Crippen molar-refractivity contribution in [3.8, 4) is 11.8 Å². The van der Waals surface area contributed by atoms with Crippen LogP contribution in [0.2, 0.25) is 0 Å².